The number of aromatic nitrogens is 1. The molecule has 168 valence electrons. The molecular formula is C25H27ClFN3O2. The highest BCUT2D eigenvalue weighted by Crippen LogP contribution is 2.36. The van der Waals surface area contributed by atoms with Crippen molar-refractivity contribution in [2.45, 2.75) is 32.2 Å². The zero-order valence-electron chi connectivity index (χ0n) is 17.9. The van der Waals surface area contributed by atoms with Gasteiger partial charge in [0.2, 0.25) is 5.91 Å². The molecule has 0 spiro atoms. The fraction of sp³-hybridized carbons (Fsp3) is 0.400. The van der Waals surface area contributed by atoms with Gasteiger partial charge in [0, 0.05) is 48.4 Å². The lowest BCUT2D eigenvalue weighted by Gasteiger charge is -2.31. The van der Waals surface area contributed by atoms with Gasteiger partial charge in [-0.25, -0.2) is 4.39 Å². The summed E-state index contributed by atoms with van der Waals surface area (Å²) < 4.78 is 21.7. The Morgan fingerprint density at radius 2 is 1.97 bits per heavy atom. The van der Waals surface area contributed by atoms with Crippen LogP contribution >= 0.6 is 11.6 Å². The highest BCUT2D eigenvalue weighted by Gasteiger charge is 2.27. The molecule has 0 unspecified atom stereocenters. The summed E-state index contributed by atoms with van der Waals surface area (Å²) in [4.78, 5) is 13.9. The molecule has 1 aromatic heterocycles. The lowest BCUT2D eigenvalue weighted by molar-refractivity contribution is -0.123. The summed E-state index contributed by atoms with van der Waals surface area (Å²) in [5.74, 6) is 0.935. The van der Waals surface area contributed by atoms with E-state index in [1.165, 1.54) is 12.1 Å². The first-order chi connectivity index (χ1) is 15.5. The van der Waals surface area contributed by atoms with E-state index in [-0.39, 0.29) is 17.6 Å². The minimum absolute atomic E-state index is 0.0330. The van der Waals surface area contributed by atoms with E-state index in [4.69, 9.17) is 22.1 Å². The Kier molecular flexibility index (Phi) is 5.82. The molecule has 5 rings (SSSR count). The average Bonchev–Trinajstić information content (AvgIpc) is 3.07. The first-order valence-electron chi connectivity index (χ1n) is 11.2. The predicted octanol–water partition coefficient (Wildman–Crippen LogP) is 4.91. The molecule has 3 aromatic rings. The number of rotatable bonds is 4. The van der Waals surface area contributed by atoms with Crippen LogP contribution in [0.15, 0.2) is 42.6 Å². The van der Waals surface area contributed by atoms with Gasteiger partial charge in [0.1, 0.15) is 18.2 Å². The molecule has 2 aliphatic rings. The molecule has 0 atom stereocenters. The van der Waals surface area contributed by atoms with Crippen molar-refractivity contribution in [3.63, 3.8) is 0 Å². The molecule has 2 aromatic carbocycles. The number of nitrogens with two attached hydrogens (primary N) is 1. The SMILES string of the molecule is NC(=O)[C@H]1CC[C@@H](CN2CCOc3c(Cl)cc(-n4ccc5cc(F)ccc54)cc3C2)CC1. The van der Waals surface area contributed by atoms with Gasteiger partial charge in [-0.05, 0) is 68.0 Å². The number of nitrogens with zero attached hydrogens (tertiary/aromatic N) is 2. The Bertz CT molecular complexity index is 1150. The second-order valence-corrected chi connectivity index (χ2v) is 9.42. The largest absolute Gasteiger partial charge is 0.490 e. The molecule has 1 fully saturated rings. The molecule has 0 radical (unpaired) electrons. The van der Waals surface area contributed by atoms with Crippen molar-refractivity contribution in [3.8, 4) is 11.4 Å². The van der Waals surface area contributed by atoms with Gasteiger partial charge >= 0.3 is 0 Å². The lowest BCUT2D eigenvalue weighted by atomic mass is 9.81. The molecule has 0 saturated heterocycles. The van der Waals surface area contributed by atoms with Gasteiger partial charge in [-0.15, -0.1) is 0 Å². The number of hydrogen-bond acceptors (Lipinski definition) is 3. The zero-order chi connectivity index (χ0) is 22.2. The third-order valence-electron chi connectivity index (χ3n) is 6.85. The van der Waals surface area contributed by atoms with Crippen LogP contribution in [0.25, 0.3) is 16.6 Å². The Labute approximate surface area is 191 Å². The molecule has 32 heavy (non-hydrogen) atoms. The van der Waals surface area contributed by atoms with Crippen molar-refractivity contribution < 1.29 is 13.9 Å². The second kappa shape index (κ2) is 8.75. The summed E-state index contributed by atoms with van der Waals surface area (Å²) in [5.41, 5.74) is 8.40. The van der Waals surface area contributed by atoms with Crippen LogP contribution < -0.4 is 10.5 Å². The summed E-state index contributed by atoms with van der Waals surface area (Å²) in [5, 5.41) is 1.44. The molecule has 1 saturated carbocycles. The minimum atomic E-state index is -0.246. The lowest BCUT2D eigenvalue weighted by Crippen LogP contribution is -2.34. The van der Waals surface area contributed by atoms with Crippen molar-refractivity contribution >= 4 is 28.4 Å². The van der Waals surface area contributed by atoms with E-state index in [1.807, 2.05) is 22.9 Å². The molecule has 5 nitrogen and oxygen atoms in total. The van der Waals surface area contributed by atoms with E-state index < -0.39 is 0 Å². The maximum atomic E-state index is 13.6. The summed E-state index contributed by atoms with van der Waals surface area (Å²) >= 11 is 6.64. The van der Waals surface area contributed by atoms with Crippen LogP contribution in [-0.2, 0) is 11.3 Å². The van der Waals surface area contributed by atoms with Gasteiger partial charge < -0.3 is 15.0 Å². The van der Waals surface area contributed by atoms with Gasteiger partial charge in [0.05, 0.1) is 10.5 Å². The highest BCUT2D eigenvalue weighted by molar-refractivity contribution is 6.32. The molecule has 2 heterocycles. The first-order valence-corrected chi connectivity index (χ1v) is 11.6. The summed E-state index contributed by atoms with van der Waals surface area (Å²) in [6.07, 6.45) is 5.78. The number of halogens is 2. The van der Waals surface area contributed by atoms with Crippen LogP contribution in [0.2, 0.25) is 5.02 Å². The number of primary amides is 1. The van der Waals surface area contributed by atoms with Gasteiger partial charge in [0.15, 0.2) is 0 Å². The van der Waals surface area contributed by atoms with Gasteiger partial charge in [-0.1, -0.05) is 11.6 Å². The van der Waals surface area contributed by atoms with E-state index in [0.717, 1.165) is 73.2 Å². The minimum Gasteiger partial charge on any atom is -0.490 e. The molecule has 1 aliphatic carbocycles. The fourth-order valence-electron chi connectivity index (χ4n) is 5.14. The normalized spacial score (nSPS) is 21.7. The third kappa shape index (κ3) is 4.21. The summed E-state index contributed by atoms with van der Waals surface area (Å²) in [6, 6.07) is 10.7. The maximum Gasteiger partial charge on any atom is 0.220 e. The fourth-order valence-corrected chi connectivity index (χ4v) is 5.43. The van der Waals surface area contributed by atoms with Crippen molar-refractivity contribution in [2.75, 3.05) is 19.7 Å². The maximum absolute atomic E-state index is 13.6. The first kappa shape index (κ1) is 21.3. The highest BCUT2D eigenvalue weighted by atomic mass is 35.5. The average molecular weight is 456 g/mol. The van der Waals surface area contributed by atoms with Crippen LogP contribution in [0.1, 0.15) is 31.2 Å². The number of hydrogen-bond donors (Lipinski definition) is 1. The summed E-state index contributed by atoms with van der Waals surface area (Å²) in [7, 11) is 0. The van der Waals surface area contributed by atoms with Gasteiger partial charge in [0.25, 0.3) is 0 Å². The molecule has 2 N–H and O–H groups in total. The van der Waals surface area contributed by atoms with Crippen molar-refractivity contribution in [1.29, 1.82) is 0 Å². The van der Waals surface area contributed by atoms with E-state index in [0.29, 0.717) is 17.5 Å². The van der Waals surface area contributed by atoms with E-state index in [2.05, 4.69) is 11.0 Å². The van der Waals surface area contributed by atoms with Crippen molar-refractivity contribution in [1.82, 2.24) is 9.47 Å². The van der Waals surface area contributed by atoms with Crippen LogP contribution in [0.3, 0.4) is 0 Å². The van der Waals surface area contributed by atoms with E-state index >= 15 is 0 Å². The van der Waals surface area contributed by atoms with Gasteiger partial charge in [-0.2, -0.15) is 0 Å². The van der Waals surface area contributed by atoms with Crippen LogP contribution in [-0.4, -0.2) is 35.1 Å². The quantitative estimate of drug-likeness (QED) is 0.608. The number of ether oxygens (including phenoxy) is 1. The molecular weight excluding hydrogens is 429 g/mol. The monoisotopic (exact) mass is 455 g/mol. The molecule has 0 bridgehead atoms. The van der Waals surface area contributed by atoms with E-state index in [9.17, 15) is 9.18 Å². The standard InChI is InChI=1S/C25H27ClFN3O2/c26-22-13-21(30-8-7-18-11-20(27)5-6-23(18)30)12-19-15-29(9-10-32-24(19)22)14-16-1-3-17(4-2-16)25(28)31/h5-8,11-13,16-17H,1-4,9-10,14-15H2,(H2,28,31)/t16-,17+. The van der Waals surface area contributed by atoms with Crippen molar-refractivity contribution in [3.05, 3.63) is 59.0 Å². The number of carbonyl (C=O) groups excluding carboxylic acids is 1. The topological polar surface area (TPSA) is 60.5 Å². The third-order valence-corrected chi connectivity index (χ3v) is 7.13. The Morgan fingerprint density at radius 3 is 2.75 bits per heavy atom. The van der Waals surface area contributed by atoms with Crippen LogP contribution in [0.4, 0.5) is 4.39 Å². The van der Waals surface area contributed by atoms with Gasteiger partial charge in [-0.3, -0.25) is 9.69 Å². The Morgan fingerprint density at radius 1 is 1.16 bits per heavy atom. The molecule has 1 aliphatic heterocycles. The number of amides is 1. The number of carbonyl (C=O) groups is 1. The molecule has 7 heteroatoms. The van der Waals surface area contributed by atoms with Crippen LogP contribution in [0.5, 0.6) is 5.75 Å². The number of fused-ring (bicyclic) bond motifs is 2. The second-order valence-electron chi connectivity index (χ2n) is 9.01. The zero-order valence-corrected chi connectivity index (χ0v) is 18.7. The summed E-state index contributed by atoms with van der Waals surface area (Å²) in [6.45, 7) is 3.16. The van der Waals surface area contributed by atoms with Crippen LogP contribution in [0, 0.1) is 17.7 Å². The van der Waals surface area contributed by atoms with Crippen molar-refractivity contribution in [2.24, 2.45) is 17.6 Å². The number of benzene rings is 2. The van der Waals surface area contributed by atoms with E-state index in [1.54, 1.807) is 6.07 Å². The molecule has 1 amide bonds. The smallest absolute Gasteiger partial charge is 0.220 e. The Balaban J connectivity index is 1.38. The predicted molar refractivity (Wildman–Crippen MR) is 124 cm³/mol. The Hall–Kier alpha value is -2.57.